The predicted molar refractivity (Wildman–Crippen MR) is 81.4 cm³/mol. The van der Waals surface area contributed by atoms with Gasteiger partial charge in [-0.25, -0.2) is 8.42 Å². The summed E-state index contributed by atoms with van der Waals surface area (Å²) < 4.78 is 78.2. The average molecular weight is 375 g/mol. The van der Waals surface area contributed by atoms with Crippen LogP contribution in [0.3, 0.4) is 0 Å². The van der Waals surface area contributed by atoms with Crippen LogP contribution in [0.25, 0.3) is 0 Å². The fraction of sp³-hybridized carbons (Fsp3) is 0.200. The van der Waals surface area contributed by atoms with Crippen molar-refractivity contribution in [3.8, 4) is 17.2 Å². The summed E-state index contributed by atoms with van der Waals surface area (Å²) in [6.45, 7) is 0.726. The molecule has 25 heavy (non-hydrogen) atoms. The van der Waals surface area contributed by atoms with Crippen molar-refractivity contribution in [1.29, 1.82) is 0 Å². The molecular weight excluding hydrogens is 363 g/mol. The quantitative estimate of drug-likeness (QED) is 0.889. The number of hydrogen-bond acceptors (Lipinski definition) is 5. The van der Waals surface area contributed by atoms with Gasteiger partial charge >= 0.3 is 6.36 Å². The van der Waals surface area contributed by atoms with E-state index in [1.807, 2.05) is 0 Å². The smallest absolute Gasteiger partial charge is 0.486 e. The van der Waals surface area contributed by atoms with Gasteiger partial charge in [0.05, 0.1) is 10.6 Å². The van der Waals surface area contributed by atoms with E-state index in [0.717, 1.165) is 24.3 Å². The molecule has 0 spiro atoms. The van der Waals surface area contributed by atoms with Crippen LogP contribution < -0.4 is 18.9 Å². The molecule has 0 aromatic heterocycles. The molecule has 10 heteroatoms. The van der Waals surface area contributed by atoms with Gasteiger partial charge in [-0.2, -0.15) is 0 Å². The Hall–Kier alpha value is -2.62. The molecule has 0 amide bonds. The van der Waals surface area contributed by atoms with E-state index in [2.05, 4.69) is 9.46 Å². The van der Waals surface area contributed by atoms with E-state index in [1.54, 1.807) is 0 Å². The largest absolute Gasteiger partial charge is 0.573 e. The van der Waals surface area contributed by atoms with Gasteiger partial charge in [-0.1, -0.05) is 6.07 Å². The van der Waals surface area contributed by atoms with Crippen LogP contribution in [0.5, 0.6) is 17.2 Å². The van der Waals surface area contributed by atoms with Gasteiger partial charge < -0.3 is 14.2 Å². The van der Waals surface area contributed by atoms with E-state index in [9.17, 15) is 21.6 Å². The fourth-order valence-electron chi connectivity index (χ4n) is 2.16. The van der Waals surface area contributed by atoms with Gasteiger partial charge in [0.25, 0.3) is 10.0 Å². The predicted octanol–water partition coefficient (Wildman–Crippen LogP) is 3.16. The van der Waals surface area contributed by atoms with Crippen LogP contribution in [-0.4, -0.2) is 28.0 Å². The zero-order chi connectivity index (χ0) is 18.1. The lowest BCUT2D eigenvalue weighted by molar-refractivity contribution is -0.274. The van der Waals surface area contributed by atoms with Crippen LogP contribution in [0.4, 0.5) is 18.9 Å². The second-order valence-electron chi connectivity index (χ2n) is 4.99. The van der Waals surface area contributed by atoms with E-state index in [1.165, 1.54) is 18.2 Å². The third-order valence-electron chi connectivity index (χ3n) is 3.14. The Labute approximate surface area is 141 Å². The first kappa shape index (κ1) is 17.2. The summed E-state index contributed by atoms with van der Waals surface area (Å²) in [5.74, 6) is 0.230. The average Bonchev–Trinajstić information content (AvgIpc) is 2.53. The Kier molecular flexibility index (Phi) is 4.38. The number of nitrogens with one attached hydrogen (secondary N) is 1. The van der Waals surface area contributed by atoms with Crippen LogP contribution >= 0.6 is 0 Å². The molecule has 0 bridgehead atoms. The van der Waals surface area contributed by atoms with Gasteiger partial charge in [0.15, 0.2) is 11.5 Å². The maximum absolute atomic E-state index is 12.4. The second-order valence-corrected chi connectivity index (χ2v) is 6.67. The summed E-state index contributed by atoms with van der Waals surface area (Å²) in [7, 11) is -4.11. The Morgan fingerprint density at radius 2 is 1.72 bits per heavy atom. The minimum Gasteiger partial charge on any atom is -0.486 e. The maximum atomic E-state index is 12.4. The summed E-state index contributed by atoms with van der Waals surface area (Å²) in [6, 6.07) is 8.53. The molecule has 2 aromatic rings. The van der Waals surface area contributed by atoms with E-state index < -0.39 is 22.1 Å². The highest BCUT2D eigenvalue weighted by molar-refractivity contribution is 7.92. The van der Waals surface area contributed by atoms with E-state index >= 15 is 0 Å². The third-order valence-corrected chi connectivity index (χ3v) is 4.52. The Bertz CT molecular complexity index is 883. The number of benzene rings is 2. The Morgan fingerprint density at radius 3 is 2.44 bits per heavy atom. The number of hydrogen-bond donors (Lipinski definition) is 1. The molecule has 6 nitrogen and oxygen atoms in total. The molecule has 1 aliphatic heterocycles. The number of sulfonamides is 1. The fourth-order valence-corrected chi connectivity index (χ4v) is 3.24. The van der Waals surface area contributed by atoms with Crippen molar-refractivity contribution in [3.05, 3.63) is 42.5 Å². The molecule has 1 aliphatic rings. The molecule has 1 heterocycles. The Balaban J connectivity index is 1.83. The minimum absolute atomic E-state index is 0.186. The van der Waals surface area contributed by atoms with Crippen molar-refractivity contribution in [1.82, 2.24) is 0 Å². The van der Waals surface area contributed by atoms with Crippen LogP contribution in [0.1, 0.15) is 0 Å². The van der Waals surface area contributed by atoms with Gasteiger partial charge in [0.1, 0.15) is 19.0 Å². The number of halogens is 3. The molecule has 0 fully saturated rings. The molecule has 0 radical (unpaired) electrons. The minimum atomic E-state index is -4.91. The molecule has 3 rings (SSSR count). The molecule has 0 unspecified atom stereocenters. The van der Waals surface area contributed by atoms with Crippen LogP contribution in [0, 0.1) is 0 Å². The van der Waals surface area contributed by atoms with Crippen LogP contribution in [0.2, 0.25) is 0 Å². The topological polar surface area (TPSA) is 73.9 Å². The number of ether oxygens (including phenoxy) is 3. The summed E-state index contributed by atoms with van der Waals surface area (Å²) >= 11 is 0. The van der Waals surface area contributed by atoms with Crippen molar-refractivity contribution < 1.29 is 35.8 Å². The Morgan fingerprint density at radius 1 is 1.00 bits per heavy atom. The first-order valence-electron chi connectivity index (χ1n) is 7.01. The van der Waals surface area contributed by atoms with Crippen molar-refractivity contribution in [2.45, 2.75) is 11.3 Å². The normalized spacial score (nSPS) is 14.0. The monoisotopic (exact) mass is 375 g/mol. The number of fused-ring (bicyclic) bond motifs is 1. The number of rotatable bonds is 4. The standard InChI is InChI=1S/C15H12F3NO5S/c16-15(17,18)24-11-2-1-3-12(9-11)25(20,21)19-10-4-5-13-14(8-10)23-7-6-22-13/h1-5,8-9,19H,6-7H2. The van der Waals surface area contributed by atoms with Gasteiger partial charge in [-0.05, 0) is 24.3 Å². The SMILES string of the molecule is O=S(=O)(Nc1ccc2c(c1)OCCO2)c1cccc(OC(F)(F)F)c1. The molecule has 0 saturated carbocycles. The highest BCUT2D eigenvalue weighted by Gasteiger charge is 2.31. The summed E-state index contributed by atoms with van der Waals surface area (Å²) in [4.78, 5) is -0.371. The van der Waals surface area contributed by atoms with Crippen molar-refractivity contribution >= 4 is 15.7 Å². The second kappa shape index (κ2) is 6.36. The molecular formula is C15H12F3NO5S. The van der Waals surface area contributed by atoms with Gasteiger partial charge in [0, 0.05) is 12.1 Å². The maximum Gasteiger partial charge on any atom is 0.573 e. The lowest BCUT2D eigenvalue weighted by atomic mass is 10.3. The lowest BCUT2D eigenvalue weighted by Crippen LogP contribution is -2.18. The number of anilines is 1. The van der Waals surface area contributed by atoms with Gasteiger partial charge in [-0.15, -0.1) is 13.2 Å². The van der Waals surface area contributed by atoms with Crippen molar-refractivity contribution in [2.24, 2.45) is 0 Å². The molecule has 0 aliphatic carbocycles. The molecule has 1 N–H and O–H groups in total. The molecule has 2 aromatic carbocycles. The van der Waals surface area contributed by atoms with E-state index in [-0.39, 0.29) is 10.6 Å². The zero-order valence-electron chi connectivity index (χ0n) is 12.5. The first-order chi connectivity index (χ1) is 11.7. The first-order valence-corrected chi connectivity index (χ1v) is 8.49. The molecule has 134 valence electrons. The van der Waals surface area contributed by atoms with Crippen molar-refractivity contribution in [2.75, 3.05) is 17.9 Å². The lowest BCUT2D eigenvalue weighted by Gasteiger charge is -2.19. The highest BCUT2D eigenvalue weighted by Crippen LogP contribution is 2.33. The van der Waals surface area contributed by atoms with Gasteiger partial charge in [0.2, 0.25) is 0 Å². The highest BCUT2D eigenvalue weighted by atomic mass is 32.2. The number of alkyl halides is 3. The van der Waals surface area contributed by atoms with Crippen molar-refractivity contribution in [3.63, 3.8) is 0 Å². The zero-order valence-corrected chi connectivity index (χ0v) is 13.4. The van der Waals surface area contributed by atoms with E-state index in [4.69, 9.17) is 9.47 Å². The van der Waals surface area contributed by atoms with Crippen LogP contribution in [0.15, 0.2) is 47.4 Å². The summed E-state index contributed by atoms with van der Waals surface area (Å²) in [5, 5.41) is 0. The van der Waals surface area contributed by atoms with Gasteiger partial charge in [-0.3, -0.25) is 4.72 Å². The third kappa shape index (κ3) is 4.27. The molecule has 0 saturated heterocycles. The summed E-state index contributed by atoms with van der Waals surface area (Å²) in [6.07, 6.45) is -4.91. The van der Waals surface area contributed by atoms with Crippen LogP contribution in [-0.2, 0) is 10.0 Å². The molecule has 0 atom stereocenters. The summed E-state index contributed by atoms with van der Waals surface area (Å²) in [5.41, 5.74) is 0.186. The van der Waals surface area contributed by atoms with E-state index in [0.29, 0.717) is 24.7 Å².